The summed E-state index contributed by atoms with van der Waals surface area (Å²) in [4.78, 5) is 11.9. The van der Waals surface area contributed by atoms with E-state index in [0.717, 1.165) is 5.56 Å². The lowest BCUT2D eigenvalue weighted by Gasteiger charge is -2.17. The van der Waals surface area contributed by atoms with E-state index in [1.54, 1.807) is 6.92 Å². The Morgan fingerprint density at radius 1 is 1.37 bits per heavy atom. The SMILES string of the molecule is Cc1cccc(NC(C)C(=O)NCC(C)C)c1C#N. The van der Waals surface area contributed by atoms with Gasteiger partial charge in [0.15, 0.2) is 0 Å². The van der Waals surface area contributed by atoms with Crippen LogP contribution in [0.15, 0.2) is 18.2 Å². The molecular formula is C15H21N3O. The van der Waals surface area contributed by atoms with Crippen LogP contribution in [0.2, 0.25) is 0 Å². The lowest BCUT2D eigenvalue weighted by Crippen LogP contribution is -2.39. The van der Waals surface area contributed by atoms with E-state index in [1.165, 1.54) is 0 Å². The molecule has 1 unspecified atom stereocenters. The molecule has 1 rings (SSSR count). The van der Waals surface area contributed by atoms with Crippen molar-refractivity contribution in [1.82, 2.24) is 5.32 Å². The summed E-state index contributed by atoms with van der Waals surface area (Å²) in [6.07, 6.45) is 0. The highest BCUT2D eigenvalue weighted by Gasteiger charge is 2.14. The van der Waals surface area contributed by atoms with Gasteiger partial charge in [0.25, 0.3) is 0 Å². The van der Waals surface area contributed by atoms with E-state index < -0.39 is 0 Å². The fourth-order valence-electron chi connectivity index (χ4n) is 1.69. The monoisotopic (exact) mass is 259 g/mol. The first-order valence-corrected chi connectivity index (χ1v) is 6.49. The van der Waals surface area contributed by atoms with Crippen LogP contribution in [0, 0.1) is 24.2 Å². The number of nitrogens with zero attached hydrogens (tertiary/aromatic N) is 1. The molecule has 1 amide bonds. The van der Waals surface area contributed by atoms with Gasteiger partial charge in [-0.2, -0.15) is 5.26 Å². The van der Waals surface area contributed by atoms with Gasteiger partial charge in [0.05, 0.1) is 11.3 Å². The van der Waals surface area contributed by atoms with Gasteiger partial charge in [0.1, 0.15) is 12.1 Å². The second-order valence-corrected chi connectivity index (χ2v) is 5.11. The number of nitriles is 1. The number of hydrogen-bond acceptors (Lipinski definition) is 3. The van der Waals surface area contributed by atoms with Gasteiger partial charge in [-0.15, -0.1) is 0 Å². The molecule has 0 bridgehead atoms. The van der Waals surface area contributed by atoms with Crippen molar-refractivity contribution in [3.8, 4) is 6.07 Å². The normalized spacial score (nSPS) is 11.8. The third-order valence-electron chi connectivity index (χ3n) is 2.83. The number of amides is 1. The minimum absolute atomic E-state index is 0.0564. The van der Waals surface area contributed by atoms with Crippen LogP contribution < -0.4 is 10.6 Å². The molecule has 4 nitrogen and oxygen atoms in total. The third-order valence-corrected chi connectivity index (χ3v) is 2.83. The van der Waals surface area contributed by atoms with E-state index in [1.807, 2.05) is 39.0 Å². The van der Waals surface area contributed by atoms with E-state index in [2.05, 4.69) is 16.7 Å². The molecule has 0 aromatic heterocycles. The van der Waals surface area contributed by atoms with Gasteiger partial charge in [0, 0.05) is 6.54 Å². The average Bonchev–Trinajstić information content (AvgIpc) is 2.36. The van der Waals surface area contributed by atoms with Gasteiger partial charge in [-0.05, 0) is 31.4 Å². The molecule has 4 heteroatoms. The largest absolute Gasteiger partial charge is 0.373 e. The number of carbonyl (C=O) groups is 1. The predicted octanol–water partition coefficient (Wildman–Crippen LogP) is 2.44. The third kappa shape index (κ3) is 4.29. The van der Waals surface area contributed by atoms with Crippen LogP contribution in [0.3, 0.4) is 0 Å². The lowest BCUT2D eigenvalue weighted by molar-refractivity contribution is -0.121. The molecule has 0 aliphatic heterocycles. The summed E-state index contributed by atoms with van der Waals surface area (Å²) in [5.41, 5.74) is 2.20. The highest BCUT2D eigenvalue weighted by molar-refractivity contribution is 5.84. The smallest absolute Gasteiger partial charge is 0.242 e. The summed E-state index contributed by atoms with van der Waals surface area (Å²) in [7, 11) is 0. The van der Waals surface area contributed by atoms with Crippen LogP contribution in [0.5, 0.6) is 0 Å². The first-order chi connectivity index (χ1) is 8.95. The van der Waals surface area contributed by atoms with Crippen LogP contribution in [0.1, 0.15) is 31.9 Å². The Balaban J connectivity index is 2.72. The van der Waals surface area contributed by atoms with Crippen molar-refractivity contribution in [3.63, 3.8) is 0 Å². The Bertz CT molecular complexity index is 489. The standard InChI is InChI=1S/C15H21N3O/c1-10(2)9-17-15(19)12(4)18-14-7-5-6-11(3)13(14)8-16/h5-7,10,12,18H,9H2,1-4H3,(H,17,19). The summed E-state index contributed by atoms with van der Waals surface area (Å²) in [5.74, 6) is 0.365. The first kappa shape index (κ1) is 15.0. The number of aryl methyl sites for hydroxylation is 1. The lowest BCUT2D eigenvalue weighted by atomic mass is 10.1. The van der Waals surface area contributed by atoms with Crippen molar-refractivity contribution in [2.45, 2.75) is 33.7 Å². The van der Waals surface area contributed by atoms with E-state index in [9.17, 15) is 4.79 Å². The highest BCUT2D eigenvalue weighted by Crippen LogP contribution is 2.19. The maximum atomic E-state index is 11.9. The van der Waals surface area contributed by atoms with Gasteiger partial charge in [0.2, 0.25) is 5.91 Å². The number of rotatable bonds is 5. The highest BCUT2D eigenvalue weighted by atomic mass is 16.2. The summed E-state index contributed by atoms with van der Waals surface area (Å²) in [6.45, 7) is 8.43. The van der Waals surface area contributed by atoms with Gasteiger partial charge < -0.3 is 10.6 Å². The van der Waals surface area contributed by atoms with Crippen LogP contribution >= 0.6 is 0 Å². The van der Waals surface area contributed by atoms with Gasteiger partial charge in [-0.25, -0.2) is 0 Å². The molecule has 0 heterocycles. The Hall–Kier alpha value is -2.02. The zero-order valence-corrected chi connectivity index (χ0v) is 11.9. The van der Waals surface area contributed by atoms with Crippen molar-refractivity contribution < 1.29 is 4.79 Å². The fourth-order valence-corrected chi connectivity index (χ4v) is 1.69. The topological polar surface area (TPSA) is 64.9 Å². The maximum absolute atomic E-state index is 11.9. The fraction of sp³-hybridized carbons (Fsp3) is 0.467. The van der Waals surface area contributed by atoms with Gasteiger partial charge in [-0.1, -0.05) is 26.0 Å². The second-order valence-electron chi connectivity index (χ2n) is 5.11. The van der Waals surface area contributed by atoms with Crippen LogP contribution in [-0.2, 0) is 4.79 Å². The number of hydrogen-bond donors (Lipinski definition) is 2. The molecule has 0 aliphatic rings. The molecule has 2 N–H and O–H groups in total. The summed E-state index contributed by atoms with van der Waals surface area (Å²) >= 11 is 0. The van der Waals surface area contributed by atoms with Crippen LogP contribution in [-0.4, -0.2) is 18.5 Å². The van der Waals surface area contributed by atoms with Gasteiger partial charge >= 0.3 is 0 Å². The molecule has 0 saturated carbocycles. The maximum Gasteiger partial charge on any atom is 0.242 e. The molecular weight excluding hydrogens is 238 g/mol. The van der Waals surface area contributed by atoms with Crippen molar-refractivity contribution in [3.05, 3.63) is 29.3 Å². The van der Waals surface area contributed by atoms with Crippen molar-refractivity contribution >= 4 is 11.6 Å². The molecule has 19 heavy (non-hydrogen) atoms. The average molecular weight is 259 g/mol. The molecule has 1 aromatic rings. The number of nitrogens with one attached hydrogen (secondary N) is 2. The first-order valence-electron chi connectivity index (χ1n) is 6.49. The molecule has 0 radical (unpaired) electrons. The Kier molecular flexibility index (Phi) is 5.37. The van der Waals surface area contributed by atoms with Crippen LogP contribution in [0.25, 0.3) is 0 Å². The number of benzene rings is 1. The van der Waals surface area contributed by atoms with E-state index in [4.69, 9.17) is 5.26 Å². The molecule has 1 atom stereocenters. The zero-order valence-electron chi connectivity index (χ0n) is 11.9. The van der Waals surface area contributed by atoms with E-state index in [0.29, 0.717) is 23.7 Å². The summed E-state index contributed by atoms with van der Waals surface area (Å²) < 4.78 is 0. The Morgan fingerprint density at radius 3 is 2.63 bits per heavy atom. The van der Waals surface area contributed by atoms with Crippen molar-refractivity contribution in [2.24, 2.45) is 5.92 Å². The molecule has 0 fully saturated rings. The molecule has 0 saturated heterocycles. The van der Waals surface area contributed by atoms with Crippen molar-refractivity contribution in [1.29, 1.82) is 5.26 Å². The summed E-state index contributed by atoms with van der Waals surface area (Å²) in [6, 6.07) is 7.37. The minimum Gasteiger partial charge on any atom is -0.373 e. The van der Waals surface area contributed by atoms with Crippen LogP contribution in [0.4, 0.5) is 5.69 Å². The summed E-state index contributed by atoms with van der Waals surface area (Å²) in [5, 5.41) is 15.1. The predicted molar refractivity (Wildman–Crippen MR) is 76.8 cm³/mol. The molecule has 0 spiro atoms. The Morgan fingerprint density at radius 2 is 2.05 bits per heavy atom. The second kappa shape index (κ2) is 6.79. The number of carbonyl (C=O) groups excluding carboxylic acids is 1. The van der Waals surface area contributed by atoms with E-state index >= 15 is 0 Å². The van der Waals surface area contributed by atoms with E-state index in [-0.39, 0.29) is 11.9 Å². The molecule has 1 aromatic carbocycles. The zero-order chi connectivity index (χ0) is 14.4. The number of anilines is 1. The van der Waals surface area contributed by atoms with Crippen molar-refractivity contribution in [2.75, 3.05) is 11.9 Å². The molecule has 102 valence electrons. The molecule has 0 aliphatic carbocycles. The minimum atomic E-state index is -0.368. The van der Waals surface area contributed by atoms with Gasteiger partial charge in [-0.3, -0.25) is 4.79 Å². The quantitative estimate of drug-likeness (QED) is 0.853. The Labute approximate surface area is 114 Å².